The van der Waals surface area contributed by atoms with Crippen molar-refractivity contribution in [3.05, 3.63) is 29.3 Å². The molecule has 18 heavy (non-hydrogen) atoms. The van der Waals surface area contributed by atoms with Gasteiger partial charge in [-0.3, -0.25) is 4.55 Å². The Labute approximate surface area is 113 Å². The lowest BCUT2D eigenvalue weighted by Gasteiger charge is -2.24. The molecule has 0 fully saturated rings. The number of anilines is 1. The van der Waals surface area contributed by atoms with Crippen LogP contribution in [-0.2, 0) is 10.1 Å². The Morgan fingerprint density at radius 2 is 1.83 bits per heavy atom. The lowest BCUT2D eigenvalue weighted by atomic mass is 10.2. The molecule has 0 aliphatic rings. The minimum Gasteiger partial charge on any atom is -0.372 e. The number of hydrogen-bond acceptors (Lipinski definition) is 3. The summed E-state index contributed by atoms with van der Waals surface area (Å²) in [5, 5.41) is 0.674. The van der Waals surface area contributed by atoms with Gasteiger partial charge in [0.25, 0.3) is 10.1 Å². The van der Waals surface area contributed by atoms with E-state index in [1.165, 1.54) is 0 Å². The summed E-state index contributed by atoms with van der Waals surface area (Å²) in [6, 6.07) is 7.43. The van der Waals surface area contributed by atoms with E-state index in [0.29, 0.717) is 18.0 Å². The van der Waals surface area contributed by atoms with Gasteiger partial charge in [0, 0.05) is 23.8 Å². The van der Waals surface area contributed by atoms with E-state index < -0.39 is 10.1 Å². The summed E-state index contributed by atoms with van der Waals surface area (Å²) in [6.45, 7) is 3.49. The molecule has 0 aliphatic heterocycles. The Kier molecular flexibility index (Phi) is 5.91. The van der Waals surface area contributed by atoms with Gasteiger partial charge in [-0.25, -0.2) is 0 Å². The first-order chi connectivity index (χ1) is 8.42. The van der Waals surface area contributed by atoms with Gasteiger partial charge in [-0.1, -0.05) is 18.5 Å². The van der Waals surface area contributed by atoms with E-state index in [4.69, 9.17) is 16.2 Å². The van der Waals surface area contributed by atoms with Crippen molar-refractivity contribution in [1.82, 2.24) is 0 Å². The third kappa shape index (κ3) is 5.71. The minimum absolute atomic E-state index is 0.208. The van der Waals surface area contributed by atoms with Crippen LogP contribution in [0.3, 0.4) is 0 Å². The molecule has 0 heterocycles. The molecule has 0 saturated carbocycles. The number of hydrogen-bond donors (Lipinski definition) is 1. The maximum atomic E-state index is 10.7. The van der Waals surface area contributed by atoms with Gasteiger partial charge in [0.05, 0.1) is 5.75 Å². The fourth-order valence-corrected chi connectivity index (χ4v) is 2.35. The smallest absolute Gasteiger partial charge is 0.264 e. The van der Waals surface area contributed by atoms with E-state index in [0.717, 1.165) is 18.7 Å². The third-order valence-electron chi connectivity index (χ3n) is 2.52. The Hall–Kier alpha value is -0.780. The first-order valence-corrected chi connectivity index (χ1v) is 7.87. The minimum atomic E-state index is -3.87. The van der Waals surface area contributed by atoms with Crippen molar-refractivity contribution in [3.63, 3.8) is 0 Å². The predicted molar refractivity (Wildman–Crippen MR) is 75.0 cm³/mol. The first-order valence-electron chi connectivity index (χ1n) is 5.88. The van der Waals surface area contributed by atoms with Gasteiger partial charge in [0.2, 0.25) is 0 Å². The second-order valence-corrected chi connectivity index (χ2v) is 6.11. The molecular formula is C12H18ClNO3S. The average Bonchev–Trinajstić information content (AvgIpc) is 2.27. The Morgan fingerprint density at radius 1 is 1.22 bits per heavy atom. The normalized spacial score (nSPS) is 11.5. The highest BCUT2D eigenvalue weighted by Gasteiger charge is 2.09. The summed E-state index contributed by atoms with van der Waals surface area (Å²) in [4.78, 5) is 2.08. The standard InChI is InChI=1S/C12H18ClNO3S/c1-2-8-14(9-3-10-18(15,16)17)12-6-4-11(13)5-7-12/h4-7H,2-3,8-10H2,1H3,(H,15,16,17). The summed E-state index contributed by atoms with van der Waals surface area (Å²) in [6.07, 6.45) is 1.37. The maximum Gasteiger partial charge on any atom is 0.264 e. The molecule has 0 bridgehead atoms. The summed E-state index contributed by atoms with van der Waals surface area (Å²) in [7, 11) is -3.87. The van der Waals surface area contributed by atoms with Crippen LogP contribution in [0.5, 0.6) is 0 Å². The fourth-order valence-electron chi connectivity index (χ4n) is 1.73. The molecular weight excluding hydrogens is 274 g/mol. The second kappa shape index (κ2) is 6.97. The quantitative estimate of drug-likeness (QED) is 0.785. The molecule has 0 unspecified atom stereocenters. The van der Waals surface area contributed by atoms with E-state index in [1.54, 1.807) is 0 Å². The molecule has 4 nitrogen and oxygen atoms in total. The lowest BCUT2D eigenvalue weighted by Crippen LogP contribution is -2.26. The third-order valence-corrected chi connectivity index (χ3v) is 3.57. The van der Waals surface area contributed by atoms with Crippen LogP contribution in [0.1, 0.15) is 19.8 Å². The molecule has 0 spiro atoms. The van der Waals surface area contributed by atoms with Crippen molar-refractivity contribution >= 4 is 27.4 Å². The van der Waals surface area contributed by atoms with E-state index in [9.17, 15) is 8.42 Å². The highest BCUT2D eigenvalue weighted by Crippen LogP contribution is 2.18. The zero-order valence-electron chi connectivity index (χ0n) is 10.3. The lowest BCUT2D eigenvalue weighted by molar-refractivity contribution is 0.481. The van der Waals surface area contributed by atoms with Crippen LogP contribution >= 0.6 is 11.6 Å². The monoisotopic (exact) mass is 291 g/mol. The highest BCUT2D eigenvalue weighted by molar-refractivity contribution is 7.85. The van der Waals surface area contributed by atoms with Crippen LogP contribution < -0.4 is 4.90 Å². The summed E-state index contributed by atoms with van der Waals surface area (Å²) < 4.78 is 30.0. The molecule has 1 rings (SSSR count). The molecule has 1 aromatic rings. The molecule has 6 heteroatoms. The summed E-state index contributed by atoms with van der Waals surface area (Å²) in [5.74, 6) is -0.208. The van der Waals surface area contributed by atoms with Gasteiger partial charge in [0.1, 0.15) is 0 Å². The van der Waals surface area contributed by atoms with Crippen molar-refractivity contribution in [2.75, 3.05) is 23.7 Å². The summed E-state index contributed by atoms with van der Waals surface area (Å²) >= 11 is 5.83. The molecule has 0 amide bonds. The van der Waals surface area contributed by atoms with Gasteiger partial charge in [-0.05, 0) is 37.1 Å². The largest absolute Gasteiger partial charge is 0.372 e. The number of halogens is 1. The number of nitrogens with zero attached hydrogens (tertiary/aromatic N) is 1. The molecule has 0 atom stereocenters. The van der Waals surface area contributed by atoms with E-state index >= 15 is 0 Å². The fraction of sp³-hybridized carbons (Fsp3) is 0.500. The van der Waals surface area contributed by atoms with Crippen LogP contribution in [0.15, 0.2) is 24.3 Å². The average molecular weight is 292 g/mol. The molecule has 0 radical (unpaired) electrons. The molecule has 102 valence electrons. The topological polar surface area (TPSA) is 57.6 Å². The zero-order chi connectivity index (χ0) is 13.6. The molecule has 0 aliphatic carbocycles. The van der Waals surface area contributed by atoms with Crippen LogP contribution in [0.4, 0.5) is 5.69 Å². The van der Waals surface area contributed by atoms with Crippen LogP contribution in [-0.4, -0.2) is 31.8 Å². The van der Waals surface area contributed by atoms with Gasteiger partial charge in [0.15, 0.2) is 0 Å². The molecule has 1 N–H and O–H groups in total. The zero-order valence-corrected chi connectivity index (χ0v) is 11.9. The Balaban J connectivity index is 2.62. The van der Waals surface area contributed by atoms with Crippen molar-refractivity contribution in [2.24, 2.45) is 0 Å². The summed E-state index contributed by atoms with van der Waals surface area (Å²) in [5.41, 5.74) is 1.01. The van der Waals surface area contributed by atoms with Crippen LogP contribution in [0.2, 0.25) is 5.02 Å². The number of rotatable bonds is 7. The number of benzene rings is 1. The molecule has 1 aromatic carbocycles. The van der Waals surface area contributed by atoms with Gasteiger partial charge in [-0.2, -0.15) is 8.42 Å². The van der Waals surface area contributed by atoms with Crippen LogP contribution in [0.25, 0.3) is 0 Å². The van der Waals surface area contributed by atoms with E-state index in [2.05, 4.69) is 11.8 Å². The van der Waals surface area contributed by atoms with Crippen LogP contribution in [0, 0.1) is 0 Å². The van der Waals surface area contributed by atoms with Gasteiger partial charge >= 0.3 is 0 Å². The van der Waals surface area contributed by atoms with Crippen molar-refractivity contribution in [1.29, 1.82) is 0 Å². The van der Waals surface area contributed by atoms with Crippen molar-refractivity contribution in [2.45, 2.75) is 19.8 Å². The maximum absolute atomic E-state index is 10.7. The molecule has 0 aromatic heterocycles. The predicted octanol–water partition coefficient (Wildman–Crippen LogP) is 2.83. The van der Waals surface area contributed by atoms with E-state index in [1.807, 2.05) is 24.3 Å². The van der Waals surface area contributed by atoms with Crippen molar-refractivity contribution in [3.8, 4) is 0 Å². The Bertz CT molecular complexity index is 459. The highest BCUT2D eigenvalue weighted by atomic mass is 35.5. The molecule has 0 saturated heterocycles. The second-order valence-electron chi connectivity index (χ2n) is 4.10. The SMILES string of the molecule is CCCN(CCCS(=O)(=O)O)c1ccc(Cl)cc1. The van der Waals surface area contributed by atoms with Gasteiger partial charge in [-0.15, -0.1) is 0 Å². The van der Waals surface area contributed by atoms with Gasteiger partial charge < -0.3 is 4.90 Å². The first kappa shape index (κ1) is 15.3. The van der Waals surface area contributed by atoms with Crippen molar-refractivity contribution < 1.29 is 13.0 Å². The van der Waals surface area contributed by atoms with E-state index in [-0.39, 0.29) is 5.75 Å². The Morgan fingerprint density at radius 3 is 2.33 bits per heavy atom.